The minimum absolute atomic E-state index is 0.210. The Bertz CT molecular complexity index is 503. The fourth-order valence-corrected chi connectivity index (χ4v) is 2.97. The fraction of sp³-hybridized carbons (Fsp3) is 0.200. The van der Waals surface area contributed by atoms with Gasteiger partial charge in [-0.2, -0.15) is 0 Å². The van der Waals surface area contributed by atoms with Crippen LogP contribution in [-0.2, 0) is 6.42 Å². The first kappa shape index (κ1) is 14.2. The van der Waals surface area contributed by atoms with E-state index >= 15 is 0 Å². The average molecular weight is 329 g/mol. The maximum atomic E-state index is 12.1. The second-order valence-corrected chi connectivity index (χ2v) is 6.54. The summed E-state index contributed by atoms with van der Waals surface area (Å²) in [5, 5.41) is -3.78. The van der Waals surface area contributed by atoms with Crippen molar-refractivity contribution in [3.05, 3.63) is 60.2 Å². The predicted octanol–water partition coefficient (Wildman–Crippen LogP) is 4.54. The Balaban J connectivity index is 1.96. The van der Waals surface area contributed by atoms with Crippen LogP contribution in [0.3, 0.4) is 0 Å². The van der Waals surface area contributed by atoms with Gasteiger partial charge in [0.1, 0.15) is 0 Å². The molecule has 0 aliphatic heterocycles. The van der Waals surface area contributed by atoms with Gasteiger partial charge in [0.25, 0.3) is 0 Å². The number of hydrogen-bond acceptors (Lipinski definition) is 0. The maximum absolute atomic E-state index is 12.1. The van der Waals surface area contributed by atoms with Gasteiger partial charge in [0.2, 0.25) is 0 Å². The third kappa shape index (κ3) is 4.73. The van der Waals surface area contributed by atoms with Crippen molar-refractivity contribution in [2.75, 3.05) is 0 Å². The van der Waals surface area contributed by atoms with Crippen molar-refractivity contribution in [1.82, 2.24) is 0 Å². The Kier molecular flexibility index (Phi) is 4.67. The molecule has 0 bridgehead atoms. The first-order valence-electron chi connectivity index (χ1n) is 5.90. The molecule has 0 aliphatic carbocycles. The van der Waals surface area contributed by atoms with Crippen molar-refractivity contribution < 1.29 is 13.2 Å². The summed E-state index contributed by atoms with van der Waals surface area (Å²) >= 11 is -1.27. The normalized spacial score (nSPS) is 11.5. The molecular formula is C15H13F3Se. The SMILES string of the molecule is FC(F)(F)[Se]CCc1ccc(-c2ccccc2)cc1. The third-order valence-corrected chi connectivity index (χ3v) is 4.26. The Morgan fingerprint density at radius 3 is 1.95 bits per heavy atom. The summed E-state index contributed by atoms with van der Waals surface area (Å²) < 4.78 is 36.2. The topological polar surface area (TPSA) is 0 Å². The molecule has 0 atom stereocenters. The molecule has 0 nitrogen and oxygen atoms in total. The van der Waals surface area contributed by atoms with Crippen LogP contribution in [0.2, 0.25) is 5.32 Å². The molecule has 2 aromatic carbocycles. The van der Waals surface area contributed by atoms with Crippen LogP contribution in [0.1, 0.15) is 5.56 Å². The summed E-state index contributed by atoms with van der Waals surface area (Å²) in [6.45, 7) is 0. The summed E-state index contributed by atoms with van der Waals surface area (Å²) in [5.74, 6) is 0. The zero-order valence-electron chi connectivity index (χ0n) is 10.2. The van der Waals surface area contributed by atoms with Crippen molar-refractivity contribution in [2.24, 2.45) is 0 Å². The number of alkyl halides is 3. The van der Waals surface area contributed by atoms with E-state index in [2.05, 4.69) is 0 Å². The van der Waals surface area contributed by atoms with Crippen LogP contribution in [0.5, 0.6) is 0 Å². The summed E-state index contributed by atoms with van der Waals surface area (Å²) in [5.41, 5.74) is 3.17. The second-order valence-electron chi connectivity index (χ2n) is 4.11. The van der Waals surface area contributed by atoms with Crippen LogP contribution < -0.4 is 0 Å². The van der Waals surface area contributed by atoms with Crippen LogP contribution in [0.25, 0.3) is 11.1 Å². The molecule has 0 radical (unpaired) electrons. The standard InChI is InChI=1S/C15H13F3Se/c16-15(17,18)19-11-10-12-6-8-14(9-7-12)13-4-2-1-3-5-13/h1-9H,10-11H2. The van der Waals surface area contributed by atoms with E-state index in [1.807, 2.05) is 54.6 Å². The van der Waals surface area contributed by atoms with Crippen molar-refractivity contribution in [3.8, 4) is 11.1 Å². The Labute approximate surface area is 116 Å². The molecule has 2 aromatic rings. The number of halogens is 3. The van der Waals surface area contributed by atoms with E-state index in [9.17, 15) is 13.2 Å². The van der Waals surface area contributed by atoms with E-state index < -0.39 is 20.0 Å². The molecule has 0 aliphatic rings. The molecular weight excluding hydrogens is 316 g/mol. The fourth-order valence-electron chi connectivity index (χ4n) is 1.78. The van der Waals surface area contributed by atoms with Gasteiger partial charge >= 0.3 is 116 Å². The van der Waals surface area contributed by atoms with Gasteiger partial charge in [-0.1, -0.05) is 0 Å². The molecule has 4 heteroatoms. The van der Waals surface area contributed by atoms with E-state index in [4.69, 9.17) is 0 Å². The molecule has 2 rings (SSSR count). The van der Waals surface area contributed by atoms with E-state index in [0.717, 1.165) is 16.7 Å². The monoisotopic (exact) mass is 330 g/mol. The number of hydrogen-bond donors (Lipinski definition) is 0. The molecule has 0 unspecified atom stereocenters. The molecule has 100 valence electrons. The number of aryl methyl sites for hydroxylation is 1. The number of benzene rings is 2. The van der Waals surface area contributed by atoms with Gasteiger partial charge in [-0.05, 0) is 0 Å². The minimum atomic E-state index is -3.99. The Morgan fingerprint density at radius 1 is 0.789 bits per heavy atom. The van der Waals surface area contributed by atoms with Crippen molar-refractivity contribution in [1.29, 1.82) is 0 Å². The van der Waals surface area contributed by atoms with Crippen molar-refractivity contribution in [2.45, 2.75) is 16.8 Å². The zero-order chi connectivity index (χ0) is 13.7. The quantitative estimate of drug-likeness (QED) is 0.723. The molecule has 0 amide bonds. The second kappa shape index (κ2) is 6.27. The van der Waals surface area contributed by atoms with Gasteiger partial charge in [-0.3, -0.25) is 0 Å². The molecule has 0 heterocycles. The molecule has 0 aromatic heterocycles. The van der Waals surface area contributed by atoms with E-state index in [1.165, 1.54) is 0 Å². The van der Waals surface area contributed by atoms with Crippen LogP contribution in [0.4, 0.5) is 13.2 Å². The summed E-state index contributed by atoms with van der Waals surface area (Å²) in [6, 6.07) is 17.7. The van der Waals surface area contributed by atoms with Gasteiger partial charge in [0, 0.05) is 0 Å². The summed E-state index contributed by atoms with van der Waals surface area (Å²) in [7, 11) is 0. The Hall–Kier alpha value is -1.25. The third-order valence-electron chi connectivity index (χ3n) is 2.72. The van der Waals surface area contributed by atoms with Gasteiger partial charge in [-0.25, -0.2) is 0 Å². The molecule has 0 spiro atoms. The van der Waals surface area contributed by atoms with E-state index in [-0.39, 0.29) is 5.32 Å². The Morgan fingerprint density at radius 2 is 1.37 bits per heavy atom. The average Bonchev–Trinajstić information content (AvgIpc) is 2.39. The summed E-state index contributed by atoms with van der Waals surface area (Å²) in [4.78, 5) is 0. The van der Waals surface area contributed by atoms with Gasteiger partial charge < -0.3 is 0 Å². The summed E-state index contributed by atoms with van der Waals surface area (Å²) in [6.07, 6.45) is 0.495. The van der Waals surface area contributed by atoms with Gasteiger partial charge in [0.05, 0.1) is 0 Å². The molecule has 0 saturated carbocycles. The van der Waals surface area contributed by atoms with Crippen LogP contribution in [-0.4, -0.2) is 20.0 Å². The molecule has 0 fully saturated rings. The number of rotatable bonds is 4. The van der Waals surface area contributed by atoms with Crippen molar-refractivity contribution >= 4 is 15.0 Å². The predicted molar refractivity (Wildman–Crippen MR) is 72.2 cm³/mol. The van der Waals surface area contributed by atoms with Gasteiger partial charge in [-0.15, -0.1) is 0 Å². The molecule has 0 saturated heterocycles. The zero-order valence-corrected chi connectivity index (χ0v) is 11.9. The van der Waals surface area contributed by atoms with Gasteiger partial charge in [0.15, 0.2) is 0 Å². The van der Waals surface area contributed by atoms with E-state index in [1.54, 1.807) is 0 Å². The van der Waals surface area contributed by atoms with Crippen molar-refractivity contribution in [3.63, 3.8) is 0 Å². The first-order valence-corrected chi connectivity index (χ1v) is 7.96. The molecule has 0 N–H and O–H groups in total. The van der Waals surface area contributed by atoms with Crippen LogP contribution in [0, 0.1) is 0 Å². The first-order chi connectivity index (χ1) is 9.04. The van der Waals surface area contributed by atoms with E-state index in [0.29, 0.717) is 6.42 Å². The van der Waals surface area contributed by atoms with Crippen LogP contribution >= 0.6 is 0 Å². The molecule has 19 heavy (non-hydrogen) atoms. The van der Waals surface area contributed by atoms with Crippen LogP contribution in [0.15, 0.2) is 54.6 Å².